The van der Waals surface area contributed by atoms with Crippen molar-refractivity contribution in [1.82, 2.24) is 9.97 Å². The Morgan fingerprint density at radius 2 is 1.04 bits per heavy atom. The van der Waals surface area contributed by atoms with E-state index in [2.05, 4.69) is 184 Å². The summed E-state index contributed by atoms with van der Waals surface area (Å²) in [5.74, 6) is 2.09. The first-order chi connectivity index (χ1) is 28.0. The van der Waals surface area contributed by atoms with E-state index >= 15 is 0 Å². The topological polar surface area (TPSA) is 35.0 Å². The molecule has 3 heteroatoms. The lowest BCUT2D eigenvalue weighted by molar-refractivity contribution is 0.0734. The Morgan fingerprint density at radius 1 is 0.509 bits per heavy atom. The number of nitrogens with zero attached hydrogens (tertiary/aromatic N) is 2. The Labute approximate surface area is 331 Å². The van der Waals surface area contributed by atoms with E-state index in [1.54, 1.807) is 0 Å². The fraction of sp³-hybridized carbons (Fsp3) is 0.111. The summed E-state index contributed by atoms with van der Waals surface area (Å²) in [6.45, 7) is 4.73. The molecule has 2 aliphatic rings. The zero-order valence-electron chi connectivity index (χ0n) is 31.8. The minimum atomic E-state index is -0.385. The third-order valence-electron chi connectivity index (χ3n) is 13.0. The molecule has 0 saturated carbocycles. The summed E-state index contributed by atoms with van der Waals surface area (Å²) < 4.78 is 7.05. The van der Waals surface area contributed by atoms with Crippen molar-refractivity contribution in [2.45, 2.75) is 37.7 Å². The molecule has 1 aliphatic heterocycles. The van der Waals surface area contributed by atoms with Crippen molar-refractivity contribution in [3.8, 4) is 39.5 Å². The highest BCUT2D eigenvalue weighted by Crippen LogP contribution is 2.59. The Bertz CT molecular complexity index is 3280. The molecule has 0 saturated heterocycles. The maximum absolute atomic E-state index is 7.05. The largest absolute Gasteiger partial charge is 0.486 e. The lowest BCUT2D eigenvalue weighted by Crippen LogP contribution is -2.43. The molecule has 270 valence electrons. The van der Waals surface area contributed by atoms with Crippen LogP contribution in [0.15, 0.2) is 170 Å². The summed E-state index contributed by atoms with van der Waals surface area (Å²) >= 11 is 0. The number of aromatic nitrogens is 2. The van der Waals surface area contributed by atoms with Crippen LogP contribution in [0.2, 0.25) is 0 Å². The van der Waals surface area contributed by atoms with Gasteiger partial charge in [0.05, 0.1) is 11.2 Å². The summed E-state index contributed by atoms with van der Waals surface area (Å²) in [6.07, 6.45) is 0.849. The molecule has 0 spiro atoms. The van der Waals surface area contributed by atoms with Gasteiger partial charge in [-0.25, -0.2) is 9.97 Å². The summed E-state index contributed by atoms with van der Waals surface area (Å²) in [6, 6.07) is 61.3. The summed E-state index contributed by atoms with van der Waals surface area (Å²) in [5.41, 5.74) is 10.1. The van der Waals surface area contributed by atoms with E-state index in [1.165, 1.54) is 60.1 Å². The van der Waals surface area contributed by atoms with E-state index in [0.717, 1.165) is 56.5 Å². The average Bonchev–Trinajstić information content (AvgIpc) is 3.58. The first-order valence-corrected chi connectivity index (χ1v) is 20.1. The van der Waals surface area contributed by atoms with Gasteiger partial charge in [0.15, 0.2) is 5.82 Å². The van der Waals surface area contributed by atoms with Gasteiger partial charge in [-0.2, -0.15) is 0 Å². The number of rotatable bonds is 3. The number of ether oxygens (including phenoxy) is 1. The molecule has 10 aromatic rings. The van der Waals surface area contributed by atoms with Crippen LogP contribution in [0, 0.1) is 0 Å². The van der Waals surface area contributed by atoms with Crippen LogP contribution in [-0.2, 0) is 6.42 Å². The van der Waals surface area contributed by atoms with Crippen LogP contribution in [0.4, 0.5) is 0 Å². The van der Waals surface area contributed by atoms with Gasteiger partial charge in [-0.05, 0) is 91.0 Å². The quantitative estimate of drug-likeness (QED) is 0.170. The fourth-order valence-corrected chi connectivity index (χ4v) is 10.6. The molecular weight excluding hydrogens is 693 g/mol. The summed E-state index contributed by atoms with van der Waals surface area (Å²) in [5, 5.41) is 11.1. The SMILES string of the molecule is CC1c2c(c3ccccc3c3ccccc23)CC2(C)Oc3ccc(-c4nc(-c5ccc(-c6ccccc6)cc5)c5c6ccccc6c6ccccc6c5n4)cc3C12. The normalized spacial score (nSPS) is 18.5. The third-order valence-corrected chi connectivity index (χ3v) is 13.0. The standard InChI is InChI=1S/C54H38N2O/c1-32-48-42-21-11-8-17-38(42)37-16-6-7-20-41(37)46(48)31-54(2)50(32)45-30-36(28-29-47(45)57-54)53-55-51(35-26-24-34(25-27-35)33-14-4-3-5-15-33)49-43-22-12-9-18-39(43)40-19-10-13-23-44(40)52(49)56-53/h3-30,32,50H,31H2,1-2H3. The van der Waals surface area contributed by atoms with Gasteiger partial charge in [0.25, 0.3) is 0 Å². The number of fused-ring (bicyclic) bond motifs is 15. The van der Waals surface area contributed by atoms with Gasteiger partial charge in [0, 0.05) is 39.8 Å². The molecule has 0 N–H and O–H groups in total. The smallest absolute Gasteiger partial charge is 0.160 e. The first-order valence-electron chi connectivity index (χ1n) is 20.1. The van der Waals surface area contributed by atoms with E-state index < -0.39 is 0 Å². The highest BCUT2D eigenvalue weighted by atomic mass is 16.5. The summed E-state index contributed by atoms with van der Waals surface area (Å²) in [7, 11) is 0. The molecule has 0 fully saturated rings. The van der Waals surface area contributed by atoms with Gasteiger partial charge < -0.3 is 4.74 Å². The average molecular weight is 731 g/mol. The van der Waals surface area contributed by atoms with Crippen molar-refractivity contribution in [3.05, 3.63) is 187 Å². The maximum Gasteiger partial charge on any atom is 0.160 e. The molecule has 3 atom stereocenters. The van der Waals surface area contributed by atoms with Crippen molar-refractivity contribution in [3.63, 3.8) is 0 Å². The van der Waals surface area contributed by atoms with Gasteiger partial charge in [-0.15, -0.1) is 0 Å². The molecule has 0 radical (unpaired) electrons. The Hall–Kier alpha value is -6.84. The number of benzene rings is 9. The zero-order valence-corrected chi connectivity index (χ0v) is 31.8. The van der Waals surface area contributed by atoms with Gasteiger partial charge in [-0.1, -0.05) is 159 Å². The monoisotopic (exact) mass is 730 g/mol. The van der Waals surface area contributed by atoms with Crippen LogP contribution < -0.4 is 4.74 Å². The Kier molecular flexibility index (Phi) is 6.87. The van der Waals surface area contributed by atoms with Crippen LogP contribution in [0.1, 0.15) is 42.4 Å². The van der Waals surface area contributed by atoms with E-state index in [-0.39, 0.29) is 17.4 Å². The van der Waals surface area contributed by atoms with Crippen molar-refractivity contribution in [2.24, 2.45) is 0 Å². The lowest BCUT2D eigenvalue weighted by Gasteiger charge is -2.42. The Balaban J connectivity index is 1.07. The lowest BCUT2D eigenvalue weighted by atomic mass is 9.64. The van der Waals surface area contributed by atoms with Crippen molar-refractivity contribution < 1.29 is 4.74 Å². The predicted molar refractivity (Wildman–Crippen MR) is 236 cm³/mol. The molecular formula is C54H38N2O. The van der Waals surface area contributed by atoms with Crippen LogP contribution in [0.3, 0.4) is 0 Å². The molecule has 0 bridgehead atoms. The number of hydrogen-bond donors (Lipinski definition) is 0. The fourth-order valence-electron chi connectivity index (χ4n) is 10.6. The van der Waals surface area contributed by atoms with Crippen molar-refractivity contribution >= 4 is 54.0 Å². The van der Waals surface area contributed by atoms with E-state index in [0.29, 0.717) is 0 Å². The highest BCUT2D eigenvalue weighted by molar-refractivity contribution is 6.27. The highest BCUT2D eigenvalue weighted by Gasteiger charge is 2.52. The molecule has 0 amide bonds. The second-order valence-corrected chi connectivity index (χ2v) is 16.2. The minimum Gasteiger partial charge on any atom is -0.486 e. The van der Waals surface area contributed by atoms with Crippen LogP contribution >= 0.6 is 0 Å². The van der Waals surface area contributed by atoms with Gasteiger partial charge in [0.2, 0.25) is 0 Å². The molecule has 2 heterocycles. The van der Waals surface area contributed by atoms with E-state index in [1.807, 2.05) is 0 Å². The third kappa shape index (κ3) is 4.72. The molecule has 3 nitrogen and oxygen atoms in total. The van der Waals surface area contributed by atoms with Crippen molar-refractivity contribution in [1.29, 1.82) is 0 Å². The zero-order chi connectivity index (χ0) is 37.8. The molecule has 12 rings (SSSR count). The van der Waals surface area contributed by atoms with Gasteiger partial charge in [-0.3, -0.25) is 0 Å². The maximum atomic E-state index is 7.05. The minimum absolute atomic E-state index is 0.166. The number of hydrogen-bond acceptors (Lipinski definition) is 3. The van der Waals surface area contributed by atoms with Crippen LogP contribution in [0.25, 0.3) is 87.8 Å². The van der Waals surface area contributed by atoms with Crippen LogP contribution in [-0.4, -0.2) is 15.6 Å². The predicted octanol–water partition coefficient (Wildman–Crippen LogP) is 13.8. The molecule has 1 aliphatic carbocycles. The summed E-state index contributed by atoms with van der Waals surface area (Å²) in [4.78, 5) is 11.0. The first kappa shape index (κ1) is 32.4. The van der Waals surface area contributed by atoms with Crippen molar-refractivity contribution in [2.75, 3.05) is 0 Å². The Morgan fingerprint density at radius 3 is 1.75 bits per heavy atom. The second kappa shape index (κ2) is 12.1. The van der Waals surface area contributed by atoms with Crippen LogP contribution in [0.5, 0.6) is 5.75 Å². The van der Waals surface area contributed by atoms with E-state index in [9.17, 15) is 0 Å². The molecule has 9 aromatic carbocycles. The second-order valence-electron chi connectivity index (χ2n) is 16.2. The molecule has 57 heavy (non-hydrogen) atoms. The van der Waals surface area contributed by atoms with Gasteiger partial charge >= 0.3 is 0 Å². The molecule has 1 aromatic heterocycles. The molecule has 3 unspecified atom stereocenters. The van der Waals surface area contributed by atoms with E-state index in [4.69, 9.17) is 14.7 Å². The van der Waals surface area contributed by atoms with Gasteiger partial charge in [0.1, 0.15) is 11.4 Å².